The van der Waals surface area contributed by atoms with Crippen LogP contribution in [0.2, 0.25) is 0 Å². The Morgan fingerprint density at radius 1 is 1.47 bits per heavy atom. The molecule has 1 aromatic carbocycles. The van der Waals surface area contributed by atoms with Crippen LogP contribution in [0.4, 0.5) is 5.69 Å². The van der Waals surface area contributed by atoms with Gasteiger partial charge in [-0.05, 0) is 40.5 Å². The predicted octanol–water partition coefficient (Wildman–Crippen LogP) is 2.60. The van der Waals surface area contributed by atoms with Crippen molar-refractivity contribution in [1.82, 2.24) is 0 Å². The Balaban J connectivity index is 2.82. The number of carboxylic acid groups (broad SMARTS) is 1. The third kappa shape index (κ3) is 4.90. The molecule has 0 heterocycles. The molecule has 1 unspecified atom stereocenters. The Hall–Kier alpha value is -1.56. The number of primary amides is 1. The Kier molecular flexibility index (Phi) is 5.82. The second-order valence-corrected chi connectivity index (χ2v) is 5.14. The summed E-state index contributed by atoms with van der Waals surface area (Å²) in [7, 11) is 0. The van der Waals surface area contributed by atoms with E-state index in [1.54, 1.807) is 18.2 Å². The van der Waals surface area contributed by atoms with Crippen LogP contribution in [0.3, 0.4) is 0 Å². The van der Waals surface area contributed by atoms with Gasteiger partial charge in [-0.25, -0.2) is 0 Å². The maximum Gasteiger partial charge on any atom is 0.305 e. The van der Waals surface area contributed by atoms with Gasteiger partial charge in [0.25, 0.3) is 0 Å². The number of aliphatic carboxylic acids is 1. The smallest absolute Gasteiger partial charge is 0.305 e. The van der Waals surface area contributed by atoms with E-state index >= 15 is 0 Å². The molecule has 0 radical (unpaired) electrons. The molecule has 5 nitrogen and oxygen atoms in total. The lowest BCUT2D eigenvalue weighted by Gasteiger charge is -2.18. The van der Waals surface area contributed by atoms with Gasteiger partial charge in [0, 0.05) is 16.2 Å². The molecule has 0 saturated carbocycles. The predicted molar refractivity (Wildman–Crippen MR) is 77.2 cm³/mol. The van der Waals surface area contributed by atoms with E-state index in [1.165, 1.54) is 0 Å². The van der Waals surface area contributed by atoms with Crippen molar-refractivity contribution in [3.63, 3.8) is 0 Å². The van der Waals surface area contributed by atoms with Gasteiger partial charge in [0.15, 0.2) is 0 Å². The van der Waals surface area contributed by atoms with E-state index in [-0.39, 0.29) is 12.5 Å². The van der Waals surface area contributed by atoms with Gasteiger partial charge in [0.1, 0.15) is 0 Å². The average molecular weight is 329 g/mol. The van der Waals surface area contributed by atoms with Crippen molar-refractivity contribution < 1.29 is 14.7 Å². The minimum atomic E-state index is -0.834. The summed E-state index contributed by atoms with van der Waals surface area (Å²) in [5, 5.41) is 12.0. The van der Waals surface area contributed by atoms with Crippen LogP contribution < -0.4 is 11.1 Å². The number of benzene rings is 1. The van der Waals surface area contributed by atoms with Crippen LogP contribution in [0.15, 0.2) is 22.7 Å². The van der Waals surface area contributed by atoms with Gasteiger partial charge < -0.3 is 16.2 Å². The zero-order valence-corrected chi connectivity index (χ0v) is 12.2. The van der Waals surface area contributed by atoms with Crippen molar-refractivity contribution in [2.24, 2.45) is 5.73 Å². The fourth-order valence-corrected chi connectivity index (χ4v) is 2.40. The van der Waals surface area contributed by atoms with Gasteiger partial charge in [-0.3, -0.25) is 9.59 Å². The molecule has 1 amide bonds. The molecule has 0 aliphatic rings. The molecule has 0 aliphatic carbocycles. The molecule has 0 spiro atoms. The first kappa shape index (κ1) is 15.5. The van der Waals surface area contributed by atoms with Gasteiger partial charge in [-0.2, -0.15) is 0 Å². The minimum absolute atomic E-state index is 0.0586. The van der Waals surface area contributed by atoms with E-state index in [4.69, 9.17) is 10.8 Å². The van der Waals surface area contributed by atoms with Crippen molar-refractivity contribution >= 4 is 33.5 Å². The largest absolute Gasteiger partial charge is 0.481 e. The lowest BCUT2D eigenvalue weighted by atomic mass is 10.1. The van der Waals surface area contributed by atoms with E-state index in [0.717, 1.165) is 18.5 Å². The number of amides is 1. The van der Waals surface area contributed by atoms with E-state index in [0.29, 0.717) is 10.0 Å². The molecule has 6 heteroatoms. The summed E-state index contributed by atoms with van der Waals surface area (Å²) in [6.07, 6.45) is 1.72. The summed E-state index contributed by atoms with van der Waals surface area (Å²) in [5.41, 5.74) is 6.37. The number of halogens is 1. The van der Waals surface area contributed by atoms with Crippen LogP contribution in [-0.4, -0.2) is 23.0 Å². The van der Waals surface area contributed by atoms with Gasteiger partial charge in [0.05, 0.1) is 12.0 Å². The zero-order chi connectivity index (χ0) is 14.4. The van der Waals surface area contributed by atoms with Crippen LogP contribution in [-0.2, 0) is 4.79 Å². The molecule has 0 aliphatic heterocycles. The van der Waals surface area contributed by atoms with E-state index in [2.05, 4.69) is 21.2 Å². The summed E-state index contributed by atoms with van der Waals surface area (Å²) < 4.78 is 0.593. The van der Waals surface area contributed by atoms with Crippen molar-refractivity contribution in [1.29, 1.82) is 0 Å². The fourth-order valence-electron chi connectivity index (χ4n) is 1.82. The zero-order valence-electron chi connectivity index (χ0n) is 10.6. The molecular formula is C13H17BrN2O3. The maximum atomic E-state index is 11.1. The number of anilines is 1. The molecule has 0 saturated heterocycles. The third-order valence-corrected chi connectivity index (χ3v) is 3.32. The first-order valence-corrected chi connectivity index (χ1v) is 6.81. The lowest BCUT2D eigenvalue weighted by Crippen LogP contribution is -2.23. The first-order chi connectivity index (χ1) is 8.93. The third-order valence-electron chi connectivity index (χ3n) is 2.66. The number of carboxylic acids is 1. The number of rotatable bonds is 7. The summed E-state index contributed by atoms with van der Waals surface area (Å²) in [6.45, 7) is 2.00. The van der Waals surface area contributed by atoms with Crippen LogP contribution in [0.25, 0.3) is 0 Å². The topological polar surface area (TPSA) is 92.4 Å². The molecule has 0 aromatic heterocycles. The monoisotopic (exact) mass is 328 g/mol. The van der Waals surface area contributed by atoms with E-state index in [1.807, 2.05) is 6.92 Å². The molecular weight excluding hydrogens is 312 g/mol. The first-order valence-electron chi connectivity index (χ1n) is 6.01. The average Bonchev–Trinajstić information content (AvgIpc) is 2.27. The highest BCUT2D eigenvalue weighted by atomic mass is 79.9. The normalized spacial score (nSPS) is 11.9. The standard InChI is InChI=1S/C13H17BrN2O3/c1-2-3-8(7-12(17)18)16-9-4-5-10(13(15)19)11(14)6-9/h4-6,8,16H,2-3,7H2,1H3,(H2,15,19)(H,17,18). The molecule has 104 valence electrons. The lowest BCUT2D eigenvalue weighted by molar-refractivity contribution is -0.137. The van der Waals surface area contributed by atoms with Crippen LogP contribution in [0.5, 0.6) is 0 Å². The Bertz CT molecular complexity index is 477. The Morgan fingerprint density at radius 2 is 2.16 bits per heavy atom. The molecule has 1 aromatic rings. The molecule has 4 N–H and O–H groups in total. The van der Waals surface area contributed by atoms with Crippen LogP contribution in [0, 0.1) is 0 Å². The number of nitrogens with two attached hydrogens (primary N) is 1. The molecule has 19 heavy (non-hydrogen) atoms. The highest BCUT2D eigenvalue weighted by Crippen LogP contribution is 2.22. The quantitative estimate of drug-likeness (QED) is 0.717. The van der Waals surface area contributed by atoms with Gasteiger partial charge >= 0.3 is 5.97 Å². The SMILES string of the molecule is CCCC(CC(=O)O)Nc1ccc(C(N)=O)c(Br)c1. The Labute approximate surface area is 120 Å². The summed E-state index contributed by atoms with van der Waals surface area (Å²) in [6, 6.07) is 4.92. The van der Waals surface area contributed by atoms with Crippen molar-refractivity contribution in [2.45, 2.75) is 32.2 Å². The maximum absolute atomic E-state index is 11.1. The van der Waals surface area contributed by atoms with Crippen LogP contribution >= 0.6 is 15.9 Å². The second kappa shape index (κ2) is 7.13. The number of carbonyl (C=O) groups is 2. The molecule has 1 rings (SSSR count). The molecule has 0 fully saturated rings. The molecule has 0 bridgehead atoms. The van der Waals surface area contributed by atoms with Crippen molar-refractivity contribution in [3.05, 3.63) is 28.2 Å². The van der Waals surface area contributed by atoms with E-state index < -0.39 is 11.9 Å². The molecule has 1 atom stereocenters. The summed E-state index contributed by atoms with van der Waals surface area (Å²) >= 11 is 3.27. The van der Waals surface area contributed by atoms with E-state index in [9.17, 15) is 9.59 Å². The van der Waals surface area contributed by atoms with Crippen LogP contribution in [0.1, 0.15) is 36.5 Å². The highest BCUT2D eigenvalue weighted by Gasteiger charge is 2.13. The summed E-state index contributed by atoms with van der Waals surface area (Å²) in [4.78, 5) is 21.9. The van der Waals surface area contributed by atoms with Gasteiger partial charge in [-0.1, -0.05) is 13.3 Å². The van der Waals surface area contributed by atoms with Crippen molar-refractivity contribution in [3.8, 4) is 0 Å². The van der Waals surface area contributed by atoms with Crippen molar-refractivity contribution in [2.75, 3.05) is 5.32 Å². The number of carbonyl (C=O) groups excluding carboxylic acids is 1. The minimum Gasteiger partial charge on any atom is -0.481 e. The number of hydrogen-bond donors (Lipinski definition) is 3. The van der Waals surface area contributed by atoms with Gasteiger partial charge in [0.2, 0.25) is 5.91 Å². The fraction of sp³-hybridized carbons (Fsp3) is 0.385. The second-order valence-electron chi connectivity index (χ2n) is 4.29. The number of hydrogen-bond acceptors (Lipinski definition) is 3. The Morgan fingerprint density at radius 3 is 2.63 bits per heavy atom. The summed E-state index contributed by atoms with van der Waals surface area (Å²) in [5.74, 6) is -1.34. The van der Waals surface area contributed by atoms with Gasteiger partial charge in [-0.15, -0.1) is 0 Å². The highest BCUT2D eigenvalue weighted by molar-refractivity contribution is 9.10. The number of nitrogens with one attached hydrogen (secondary N) is 1.